The van der Waals surface area contributed by atoms with Gasteiger partial charge in [-0.1, -0.05) is 24.3 Å². The zero-order valence-electron chi connectivity index (χ0n) is 13.7. The molecule has 0 saturated carbocycles. The predicted octanol–water partition coefficient (Wildman–Crippen LogP) is 2.27. The molecule has 0 unspecified atom stereocenters. The SMILES string of the molecule is O=C(Cc1ccc(F)cc1F)N[C@H](CC[S@](=O)c1ccccc1)C(=O)O. The Kier molecular flexibility index (Phi) is 6.97. The Morgan fingerprint density at radius 2 is 1.81 bits per heavy atom. The fourth-order valence-corrected chi connectivity index (χ4v) is 3.40. The number of carboxylic acids is 1. The number of rotatable bonds is 8. The van der Waals surface area contributed by atoms with Crippen LogP contribution in [0.1, 0.15) is 12.0 Å². The Balaban J connectivity index is 1.93. The summed E-state index contributed by atoms with van der Waals surface area (Å²) in [7, 11) is -1.40. The highest BCUT2D eigenvalue weighted by atomic mass is 32.2. The predicted molar refractivity (Wildman–Crippen MR) is 92.0 cm³/mol. The standard InChI is InChI=1S/C18H17F2NO4S/c19-13-7-6-12(15(20)11-13)10-17(22)21-16(18(23)24)8-9-26(25)14-4-2-1-3-5-14/h1-7,11,16H,8-10H2,(H,21,22)(H,23,24)/t16-,26+/m1/s1. The van der Waals surface area contributed by atoms with Crippen LogP contribution < -0.4 is 5.32 Å². The second-order valence-electron chi connectivity index (χ2n) is 5.52. The fourth-order valence-electron chi connectivity index (χ4n) is 2.26. The van der Waals surface area contributed by atoms with Crippen LogP contribution in [0.4, 0.5) is 8.78 Å². The average molecular weight is 381 g/mol. The van der Waals surface area contributed by atoms with Gasteiger partial charge in [0, 0.05) is 16.7 Å². The number of amides is 1. The third-order valence-electron chi connectivity index (χ3n) is 3.60. The first-order valence-corrected chi connectivity index (χ1v) is 9.08. The Hall–Kier alpha value is -2.61. The highest BCUT2D eigenvalue weighted by Gasteiger charge is 2.21. The zero-order chi connectivity index (χ0) is 19.1. The van der Waals surface area contributed by atoms with Crippen molar-refractivity contribution < 1.29 is 27.7 Å². The van der Waals surface area contributed by atoms with Gasteiger partial charge < -0.3 is 10.4 Å². The molecule has 0 radical (unpaired) electrons. The minimum absolute atomic E-state index is 0.0408. The summed E-state index contributed by atoms with van der Waals surface area (Å²) >= 11 is 0. The van der Waals surface area contributed by atoms with Gasteiger partial charge >= 0.3 is 5.97 Å². The van der Waals surface area contributed by atoms with Crippen molar-refractivity contribution in [2.75, 3.05) is 5.75 Å². The van der Waals surface area contributed by atoms with E-state index in [1.54, 1.807) is 30.3 Å². The van der Waals surface area contributed by atoms with Crippen LogP contribution in [0.5, 0.6) is 0 Å². The Morgan fingerprint density at radius 3 is 2.42 bits per heavy atom. The van der Waals surface area contributed by atoms with Gasteiger partial charge in [-0.3, -0.25) is 9.00 Å². The fraction of sp³-hybridized carbons (Fsp3) is 0.222. The summed E-state index contributed by atoms with van der Waals surface area (Å²) in [4.78, 5) is 23.8. The highest BCUT2D eigenvalue weighted by molar-refractivity contribution is 7.85. The molecular weight excluding hydrogens is 364 g/mol. The molecule has 2 aromatic carbocycles. The molecule has 0 bridgehead atoms. The molecule has 0 aromatic heterocycles. The minimum Gasteiger partial charge on any atom is -0.480 e. The minimum atomic E-state index is -1.40. The lowest BCUT2D eigenvalue weighted by molar-refractivity contribution is -0.141. The molecule has 138 valence electrons. The van der Waals surface area contributed by atoms with Crippen LogP contribution in [-0.4, -0.2) is 33.0 Å². The third kappa shape index (κ3) is 5.73. The van der Waals surface area contributed by atoms with E-state index in [0.29, 0.717) is 11.0 Å². The summed E-state index contributed by atoms with van der Waals surface area (Å²) in [5.74, 6) is -3.58. The molecule has 8 heteroatoms. The zero-order valence-corrected chi connectivity index (χ0v) is 14.5. The van der Waals surface area contributed by atoms with Crippen molar-refractivity contribution in [3.63, 3.8) is 0 Å². The average Bonchev–Trinajstić information content (AvgIpc) is 2.61. The molecule has 2 aromatic rings. The molecule has 0 spiro atoms. The van der Waals surface area contributed by atoms with Gasteiger partial charge in [-0.25, -0.2) is 13.6 Å². The first-order chi connectivity index (χ1) is 12.4. The van der Waals surface area contributed by atoms with Gasteiger partial charge in [0.05, 0.1) is 17.2 Å². The molecule has 0 fully saturated rings. The highest BCUT2D eigenvalue weighted by Crippen LogP contribution is 2.11. The van der Waals surface area contributed by atoms with E-state index < -0.39 is 46.8 Å². The van der Waals surface area contributed by atoms with E-state index in [2.05, 4.69) is 5.32 Å². The smallest absolute Gasteiger partial charge is 0.326 e. The van der Waals surface area contributed by atoms with Crippen molar-refractivity contribution in [2.45, 2.75) is 23.8 Å². The van der Waals surface area contributed by atoms with Gasteiger partial charge in [0.2, 0.25) is 5.91 Å². The van der Waals surface area contributed by atoms with Crippen molar-refractivity contribution in [1.29, 1.82) is 0 Å². The van der Waals surface area contributed by atoms with Crippen LogP contribution >= 0.6 is 0 Å². The lowest BCUT2D eigenvalue weighted by Gasteiger charge is -2.14. The molecular formula is C18H17F2NO4S. The number of carboxylic acid groups (broad SMARTS) is 1. The molecule has 0 aliphatic rings. The Bertz CT molecular complexity index is 814. The van der Waals surface area contributed by atoms with Gasteiger partial charge in [-0.2, -0.15) is 0 Å². The number of nitrogens with one attached hydrogen (secondary N) is 1. The first kappa shape index (κ1) is 19.7. The van der Waals surface area contributed by atoms with E-state index in [1.165, 1.54) is 0 Å². The van der Waals surface area contributed by atoms with E-state index in [-0.39, 0.29) is 17.7 Å². The number of aliphatic carboxylic acids is 1. The van der Waals surface area contributed by atoms with E-state index >= 15 is 0 Å². The van der Waals surface area contributed by atoms with Gasteiger partial charge in [0.25, 0.3) is 0 Å². The molecule has 5 nitrogen and oxygen atoms in total. The molecule has 0 heterocycles. The van der Waals surface area contributed by atoms with Gasteiger partial charge in [0.15, 0.2) is 0 Å². The van der Waals surface area contributed by atoms with Crippen molar-refractivity contribution in [1.82, 2.24) is 5.32 Å². The number of benzene rings is 2. The summed E-state index contributed by atoms with van der Waals surface area (Å²) in [5.41, 5.74) is -0.0408. The lowest BCUT2D eigenvalue weighted by Crippen LogP contribution is -2.42. The van der Waals surface area contributed by atoms with Crippen molar-refractivity contribution in [3.05, 3.63) is 65.7 Å². The normalized spacial score (nSPS) is 13.0. The van der Waals surface area contributed by atoms with Crippen molar-refractivity contribution in [3.8, 4) is 0 Å². The van der Waals surface area contributed by atoms with E-state index in [9.17, 15) is 27.7 Å². The molecule has 2 rings (SSSR count). The molecule has 1 amide bonds. The molecule has 2 N–H and O–H groups in total. The first-order valence-electron chi connectivity index (χ1n) is 7.76. The van der Waals surface area contributed by atoms with E-state index in [0.717, 1.165) is 12.1 Å². The van der Waals surface area contributed by atoms with Crippen LogP contribution in [0.25, 0.3) is 0 Å². The molecule has 26 heavy (non-hydrogen) atoms. The number of halogens is 2. The molecule has 0 aliphatic carbocycles. The monoisotopic (exact) mass is 381 g/mol. The summed E-state index contributed by atoms with van der Waals surface area (Å²) in [6.45, 7) is 0. The Morgan fingerprint density at radius 1 is 1.12 bits per heavy atom. The van der Waals surface area contributed by atoms with Gasteiger partial charge in [0.1, 0.15) is 17.7 Å². The van der Waals surface area contributed by atoms with Crippen molar-refractivity contribution in [2.24, 2.45) is 0 Å². The summed E-state index contributed by atoms with van der Waals surface area (Å²) in [5, 5.41) is 11.5. The quantitative estimate of drug-likeness (QED) is 0.735. The topological polar surface area (TPSA) is 83.5 Å². The van der Waals surface area contributed by atoms with Gasteiger partial charge in [-0.15, -0.1) is 0 Å². The summed E-state index contributed by atoms with van der Waals surface area (Å²) in [6.07, 6.45) is -0.466. The van der Waals surface area contributed by atoms with Crippen LogP contribution in [0.3, 0.4) is 0 Å². The van der Waals surface area contributed by atoms with Crippen LogP contribution in [0, 0.1) is 11.6 Å². The maximum absolute atomic E-state index is 13.6. The van der Waals surface area contributed by atoms with Crippen molar-refractivity contribution >= 4 is 22.7 Å². The third-order valence-corrected chi connectivity index (χ3v) is 5.00. The molecule has 0 saturated heterocycles. The van der Waals surface area contributed by atoms with E-state index in [1.807, 2.05) is 0 Å². The second-order valence-corrected chi connectivity index (χ2v) is 7.09. The summed E-state index contributed by atoms with van der Waals surface area (Å²) in [6, 6.07) is 10.1. The summed E-state index contributed by atoms with van der Waals surface area (Å²) < 4.78 is 38.6. The van der Waals surface area contributed by atoms with E-state index in [4.69, 9.17) is 0 Å². The molecule has 2 atom stereocenters. The number of carbonyl (C=O) groups excluding carboxylic acids is 1. The van der Waals surface area contributed by atoms with Crippen LogP contribution in [0.15, 0.2) is 53.4 Å². The maximum atomic E-state index is 13.6. The number of carbonyl (C=O) groups is 2. The van der Waals surface area contributed by atoms with Crippen LogP contribution in [0.2, 0.25) is 0 Å². The van der Waals surface area contributed by atoms with Gasteiger partial charge in [-0.05, 0) is 30.2 Å². The second kappa shape index (κ2) is 9.19. The number of hydrogen-bond donors (Lipinski definition) is 2. The number of hydrogen-bond acceptors (Lipinski definition) is 3. The maximum Gasteiger partial charge on any atom is 0.326 e. The largest absolute Gasteiger partial charge is 0.480 e. The lowest BCUT2D eigenvalue weighted by atomic mass is 10.1. The molecule has 0 aliphatic heterocycles. The Labute approximate surface area is 151 Å². The van der Waals surface area contributed by atoms with Crippen LogP contribution in [-0.2, 0) is 26.8 Å².